The lowest BCUT2D eigenvalue weighted by Crippen LogP contribution is -2.65. The van der Waals surface area contributed by atoms with Gasteiger partial charge in [0.25, 0.3) is 5.56 Å². The third-order valence-corrected chi connectivity index (χ3v) is 6.95. The second kappa shape index (κ2) is 7.60. The van der Waals surface area contributed by atoms with E-state index < -0.39 is 23.0 Å². The number of amidine groups is 1. The van der Waals surface area contributed by atoms with Crippen molar-refractivity contribution in [1.82, 2.24) is 14.0 Å². The number of hydrogen-bond donors (Lipinski definition) is 3. The standard InChI is InChI=1S/C20H31N5O4/c1-2-3-8-24-17(26)15(16(21)22)18(27)25(19(24)28)13-4-6-20(7-5-13)11-23(12-20)14-9-29-10-14/h13-14,26H,2-12H2,1H3,(H3,21,22). The highest BCUT2D eigenvalue weighted by molar-refractivity contribution is 5.96. The van der Waals surface area contributed by atoms with Gasteiger partial charge in [-0.1, -0.05) is 13.3 Å². The average molecular weight is 405 g/mol. The van der Waals surface area contributed by atoms with E-state index in [-0.39, 0.29) is 17.0 Å². The lowest BCUT2D eigenvalue weighted by atomic mass is 9.67. The third-order valence-electron chi connectivity index (χ3n) is 6.95. The Balaban J connectivity index is 1.57. The van der Waals surface area contributed by atoms with E-state index >= 15 is 0 Å². The Labute approximate surface area is 169 Å². The first kappa shape index (κ1) is 20.2. The van der Waals surface area contributed by atoms with Gasteiger partial charge in [-0.2, -0.15) is 0 Å². The Morgan fingerprint density at radius 3 is 2.41 bits per heavy atom. The SMILES string of the molecule is CCCCn1c(O)c(C(=N)N)c(=O)n(C2CCC3(CC2)CN(C2COC2)C3)c1=O. The summed E-state index contributed by atoms with van der Waals surface area (Å²) in [6.45, 7) is 6.08. The van der Waals surface area contributed by atoms with Crippen molar-refractivity contribution < 1.29 is 9.84 Å². The van der Waals surface area contributed by atoms with Crippen molar-refractivity contribution in [2.75, 3.05) is 26.3 Å². The smallest absolute Gasteiger partial charge is 0.334 e. The van der Waals surface area contributed by atoms with Crippen molar-refractivity contribution in [3.8, 4) is 5.88 Å². The molecular formula is C20H31N5O4. The van der Waals surface area contributed by atoms with E-state index in [1.165, 1.54) is 9.13 Å². The monoisotopic (exact) mass is 405 g/mol. The third kappa shape index (κ3) is 3.40. The van der Waals surface area contributed by atoms with Crippen LogP contribution >= 0.6 is 0 Å². The molecule has 1 aromatic heterocycles. The Bertz CT molecular complexity index is 901. The summed E-state index contributed by atoms with van der Waals surface area (Å²) >= 11 is 0. The van der Waals surface area contributed by atoms with Gasteiger partial charge in [0.15, 0.2) is 0 Å². The summed E-state index contributed by atoms with van der Waals surface area (Å²) < 4.78 is 7.73. The van der Waals surface area contributed by atoms with E-state index in [9.17, 15) is 14.7 Å². The Kier molecular flexibility index (Phi) is 5.29. The van der Waals surface area contributed by atoms with Crippen LogP contribution in [0.1, 0.15) is 57.1 Å². The summed E-state index contributed by atoms with van der Waals surface area (Å²) in [6.07, 6.45) is 4.98. The molecule has 9 nitrogen and oxygen atoms in total. The van der Waals surface area contributed by atoms with Crippen LogP contribution in [0.25, 0.3) is 0 Å². The van der Waals surface area contributed by atoms with Crippen molar-refractivity contribution in [2.45, 2.75) is 64.1 Å². The highest BCUT2D eigenvalue weighted by Gasteiger charge is 2.48. The normalized spacial score (nSPS) is 22.4. The van der Waals surface area contributed by atoms with E-state index in [4.69, 9.17) is 15.9 Å². The molecule has 3 heterocycles. The molecule has 3 fully saturated rings. The Morgan fingerprint density at radius 2 is 1.90 bits per heavy atom. The number of hydrogen-bond acceptors (Lipinski definition) is 6. The van der Waals surface area contributed by atoms with Crippen LogP contribution in [0, 0.1) is 10.8 Å². The molecule has 0 bridgehead atoms. The van der Waals surface area contributed by atoms with E-state index in [1.54, 1.807) is 0 Å². The molecular weight excluding hydrogens is 374 g/mol. The van der Waals surface area contributed by atoms with Crippen molar-refractivity contribution in [2.24, 2.45) is 11.1 Å². The fourth-order valence-corrected chi connectivity index (χ4v) is 5.03. The lowest BCUT2D eigenvalue weighted by molar-refractivity contribution is -0.142. The first-order chi connectivity index (χ1) is 13.9. The number of unbranched alkanes of at least 4 members (excludes halogenated alkanes) is 1. The van der Waals surface area contributed by atoms with Crippen LogP contribution in [-0.4, -0.2) is 57.3 Å². The number of likely N-dealkylation sites (tertiary alicyclic amines) is 1. The van der Waals surface area contributed by atoms with Crippen LogP contribution in [0.15, 0.2) is 9.59 Å². The fourth-order valence-electron chi connectivity index (χ4n) is 5.03. The molecule has 4 rings (SSSR count). The zero-order chi connectivity index (χ0) is 20.8. The van der Waals surface area contributed by atoms with Crippen LogP contribution in [0.5, 0.6) is 5.88 Å². The van der Waals surface area contributed by atoms with Crippen molar-refractivity contribution in [1.29, 1.82) is 5.41 Å². The Morgan fingerprint density at radius 1 is 1.24 bits per heavy atom. The van der Waals surface area contributed by atoms with Gasteiger partial charge in [0.2, 0.25) is 5.88 Å². The number of nitrogens with zero attached hydrogens (tertiary/aromatic N) is 3. The van der Waals surface area contributed by atoms with Gasteiger partial charge in [-0.3, -0.25) is 24.2 Å². The minimum absolute atomic E-state index is 0.215. The first-order valence-electron chi connectivity index (χ1n) is 10.6. The number of ether oxygens (including phenoxy) is 1. The second-order valence-corrected chi connectivity index (χ2v) is 8.90. The quantitative estimate of drug-likeness (QED) is 0.470. The van der Waals surface area contributed by atoms with Crippen LogP contribution in [-0.2, 0) is 11.3 Å². The van der Waals surface area contributed by atoms with Gasteiger partial charge >= 0.3 is 5.69 Å². The van der Waals surface area contributed by atoms with Gasteiger partial charge in [0.05, 0.1) is 19.3 Å². The maximum absolute atomic E-state index is 13.1. The van der Waals surface area contributed by atoms with Crippen molar-refractivity contribution >= 4 is 5.84 Å². The summed E-state index contributed by atoms with van der Waals surface area (Å²) in [5, 5.41) is 18.2. The van der Waals surface area contributed by atoms with Gasteiger partial charge < -0.3 is 15.6 Å². The van der Waals surface area contributed by atoms with Crippen LogP contribution in [0.2, 0.25) is 0 Å². The molecule has 0 aromatic carbocycles. The van der Waals surface area contributed by atoms with E-state index in [1.807, 2.05) is 6.92 Å². The average Bonchev–Trinajstić information content (AvgIpc) is 2.60. The van der Waals surface area contributed by atoms with Gasteiger partial charge in [0, 0.05) is 25.7 Å². The maximum atomic E-state index is 13.1. The zero-order valence-electron chi connectivity index (χ0n) is 17.0. The molecule has 29 heavy (non-hydrogen) atoms. The summed E-state index contributed by atoms with van der Waals surface area (Å²) in [7, 11) is 0. The molecule has 0 radical (unpaired) electrons. The molecule has 1 saturated carbocycles. The summed E-state index contributed by atoms with van der Waals surface area (Å²) in [6, 6.07) is 0.343. The molecule has 4 N–H and O–H groups in total. The maximum Gasteiger partial charge on any atom is 0.334 e. The summed E-state index contributed by atoms with van der Waals surface area (Å²) in [4.78, 5) is 28.5. The van der Waals surface area contributed by atoms with Gasteiger partial charge in [-0.05, 0) is 37.5 Å². The molecule has 0 atom stereocenters. The topological polar surface area (TPSA) is 127 Å². The molecule has 9 heteroatoms. The molecule has 0 amide bonds. The number of aromatic nitrogens is 2. The number of rotatable bonds is 6. The second-order valence-electron chi connectivity index (χ2n) is 8.90. The molecule has 1 aromatic rings. The van der Waals surface area contributed by atoms with Crippen molar-refractivity contribution in [3.63, 3.8) is 0 Å². The zero-order valence-corrected chi connectivity index (χ0v) is 17.0. The predicted molar refractivity (Wildman–Crippen MR) is 109 cm³/mol. The van der Waals surface area contributed by atoms with Crippen LogP contribution in [0.3, 0.4) is 0 Å². The highest BCUT2D eigenvalue weighted by atomic mass is 16.5. The fraction of sp³-hybridized carbons (Fsp3) is 0.750. The van der Waals surface area contributed by atoms with Gasteiger partial charge in [-0.25, -0.2) is 4.79 Å². The van der Waals surface area contributed by atoms with Crippen LogP contribution in [0.4, 0.5) is 0 Å². The molecule has 0 unspecified atom stereocenters. The molecule has 1 aliphatic carbocycles. The van der Waals surface area contributed by atoms with Crippen LogP contribution < -0.4 is 17.0 Å². The molecule has 2 aliphatic heterocycles. The minimum atomic E-state index is -0.643. The number of nitrogens with two attached hydrogens (primary N) is 1. The minimum Gasteiger partial charge on any atom is -0.494 e. The van der Waals surface area contributed by atoms with Gasteiger partial charge in [-0.15, -0.1) is 0 Å². The predicted octanol–water partition coefficient (Wildman–Crippen LogP) is 0.616. The van der Waals surface area contributed by atoms with E-state index in [0.717, 1.165) is 58.4 Å². The van der Waals surface area contributed by atoms with E-state index in [2.05, 4.69) is 4.90 Å². The molecule has 160 valence electrons. The molecule has 3 aliphatic rings. The molecule has 2 saturated heterocycles. The highest BCUT2D eigenvalue weighted by Crippen LogP contribution is 2.47. The first-order valence-corrected chi connectivity index (χ1v) is 10.6. The largest absolute Gasteiger partial charge is 0.494 e. The Hall–Kier alpha value is -2.13. The number of nitrogen functional groups attached to an aromatic ring is 1. The number of nitrogens with one attached hydrogen (secondary N) is 1. The lowest BCUT2D eigenvalue weighted by Gasteiger charge is -2.57. The van der Waals surface area contributed by atoms with Crippen molar-refractivity contribution in [3.05, 3.63) is 26.4 Å². The molecule has 1 spiro atoms. The van der Waals surface area contributed by atoms with Gasteiger partial charge in [0.1, 0.15) is 11.4 Å². The number of aromatic hydroxyl groups is 1. The summed E-state index contributed by atoms with van der Waals surface area (Å²) in [5.74, 6) is -0.988. The summed E-state index contributed by atoms with van der Waals surface area (Å²) in [5.41, 5.74) is 4.47. The van der Waals surface area contributed by atoms with E-state index in [0.29, 0.717) is 19.0 Å².